The zero-order valence-corrected chi connectivity index (χ0v) is 21.8. The normalized spacial score (nSPS) is 21.3. The smallest absolute Gasteiger partial charge is 0.162 e. The largest absolute Gasteiger partial charge is 0.464 e. The Labute approximate surface area is 226 Å². The molecule has 1 fully saturated rings. The Balaban J connectivity index is 1.71. The van der Waals surface area contributed by atoms with Gasteiger partial charge in [0.05, 0.1) is 51.0 Å². The summed E-state index contributed by atoms with van der Waals surface area (Å²) in [6.07, 6.45) is 15.1. The number of aromatic nitrogens is 7. The van der Waals surface area contributed by atoms with Crippen molar-refractivity contribution in [3.05, 3.63) is 115 Å². The maximum Gasteiger partial charge on any atom is 0.162 e. The van der Waals surface area contributed by atoms with Crippen LogP contribution in [-0.4, -0.2) is 59.8 Å². The van der Waals surface area contributed by atoms with Crippen LogP contribution in [0.2, 0.25) is 0 Å². The van der Waals surface area contributed by atoms with Crippen LogP contribution in [-0.2, 0) is 0 Å². The van der Waals surface area contributed by atoms with Gasteiger partial charge in [-0.15, -0.1) is 0 Å². The predicted octanol–water partition coefficient (Wildman–Crippen LogP) is 4.40. The highest BCUT2D eigenvalue weighted by Crippen LogP contribution is 2.82. The van der Waals surface area contributed by atoms with Crippen molar-refractivity contribution in [2.45, 2.75) is 16.5 Å². The second kappa shape index (κ2) is 9.93. The van der Waals surface area contributed by atoms with E-state index >= 15 is 0 Å². The first-order valence-electron chi connectivity index (χ1n) is 12.6. The fourth-order valence-electron chi connectivity index (χ4n) is 5.30. The minimum Gasteiger partial charge on any atom is -0.464 e. The zero-order chi connectivity index (χ0) is 26.1. The quantitative estimate of drug-likeness (QED) is 0.326. The molecule has 5 aromatic rings. The van der Waals surface area contributed by atoms with E-state index in [1.807, 2.05) is 42.6 Å². The number of hydrogen-bond donors (Lipinski definition) is 2. The molecule has 2 aliphatic rings. The van der Waals surface area contributed by atoms with Gasteiger partial charge in [0.1, 0.15) is 5.76 Å². The summed E-state index contributed by atoms with van der Waals surface area (Å²) in [7, 11) is -2.34. The van der Waals surface area contributed by atoms with E-state index in [0.29, 0.717) is 12.5 Å². The molecule has 39 heavy (non-hydrogen) atoms. The Hall–Kier alpha value is -4.61. The van der Waals surface area contributed by atoms with Crippen molar-refractivity contribution in [1.29, 1.82) is 0 Å². The zero-order valence-electron chi connectivity index (χ0n) is 20.9. The lowest BCUT2D eigenvalue weighted by Gasteiger charge is -2.39. The van der Waals surface area contributed by atoms with Gasteiger partial charge in [0.15, 0.2) is 5.82 Å². The summed E-state index contributed by atoms with van der Waals surface area (Å²) in [6, 6.07) is 13.8. The van der Waals surface area contributed by atoms with Gasteiger partial charge in [-0.05, 0) is 49.4 Å². The summed E-state index contributed by atoms with van der Waals surface area (Å²) in [5, 5.41) is 13.1. The van der Waals surface area contributed by atoms with Gasteiger partial charge in [0.2, 0.25) is 0 Å². The first-order valence-corrected chi connectivity index (χ1v) is 14.3. The molecule has 7 rings (SSSR count). The van der Waals surface area contributed by atoms with E-state index in [1.54, 1.807) is 43.4 Å². The van der Waals surface area contributed by atoms with Crippen molar-refractivity contribution in [3.63, 3.8) is 0 Å². The van der Waals surface area contributed by atoms with Gasteiger partial charge in [-0.25, -0.2) is 9.97 Å². The van der Waals surface area contributed by atoms with Crippen molar-refractivity contribution in [2.75, 3.05) is 19.8 Å². The third-order valence-electron chi connectivity index (χ3n) is 6.78. The van der Waals surface area contributed by atoms with E-state index in [2.05, 4.69) is 31.5 Å². The van der Waals surface area contributed by atoms with Crippen LogP contribution in [0.1, 0.15) is 23.7 Å². The minimum atomic E-state index is -2.34. The molecule has 0 aromatic carbocycles. The van der Waals surface area contributed by atoms with Gasteiger partial charge >= 0.3 is 0 Å². The predicted molar refractivity (Wildman–Crippen MR) is 148 cm³/mol. The van der Waals surface area contributed by atoms with Gasteiger partial charge in [-0.2, -0.15) is 5.10 Å². The number of rotatable bonds is 6. The Kier molecular flexibility index (Phi) is 5.99. The lowest BCUT2D eigenvalue weighted by atomic mass is 10.1. The molecule has 2 N–H and O–H groups in total. The number of aromatic amines is 1. The Morgan fingerprint density at radius 3 is 2.46 bits per heavy atom. The van der Waals surface area contributed by atoms with Crippen molar-refractivity contribution in [3.8, 4) is 0 Å². The van der Waals surface area contributed by atoms with Gasteiger partial charge < -0.3 is 9.32 Å². The standard InChI is InChI=1S/C28H25N9OS/c1-2-10-32-22(7-1)39(23-8-13-35-36-23)26(20-18-29-14-15-31-20)24(28-33-11-4-12-34-28)25(37-16-5-9-30-19-37)27(39)21-6-3-17-38-21/h1-4,6-8,10-15,17-18,30H,5,9,16,19H2,(H,35,36). The van der Waals surface area contributed by atoms with Gasteiger partial charge in [0.25, 0.3) is 0 Å². The monoisotopic (exact) mass is 535 g/mol. The van der Waals surface area contributed by atoms with Crippen molar-refractivity contribution < 1.29 is 4.42 Å². The van der Waals surface area contributed by atoms with Crippen LogP contribution in [0.3, 0.4) is 0 Å². The van der Waals surface area contributed by atoms with Gasteiger partial charge in [-0.3, -0.25) is 25.4 Å². The van der Waals surface area contributed by atoms with Gasteiger partial charge in [0, 0.05) is 48.6 Å². The molecular weight excluding hydrogens is 510 g/mol. The number of H-pyrrole nitrogens is 1. The van der Waals surface area contributed by atoms with Crippen LogP contribution in [0.5, 0.6) is 0 Å². The highest BCUT2D eigenvalue weighted by Gasteiger charge is 2.52. The number of nitrogens with zero attached hydrogens (tertiary/aromatic N) is 7. The fraction of sp³-hybridized carbons (Fsp3) is 0.143. The Bertz CT molecular complexity index is 1620. The molecule has 11 heteroatoms. The van der Waals surface area contributed by atoms with E-state index < -0.39 is 10.0 Å². The molecule has 0 amide bonds. The molecule has 0 spiro atoms. The molecule has 7 heterocycles. The summed E-state index contributed by atoms with van der Waals surface area (Å²) in [5.41, 5.74) is 2.61. The maximum absolute atomic E-state index is 6.23. The SMILES string of the molecule is c1ccc(S2(c3ccn[nH]3)C(c3cnccn3)=C(c3ncccn3)C(N3CCCNC3)=C2c2ccco2)nc1. The number of allylic oxidation sites excluding steroid dienone is 1. The summed E-state index contributed by atoms with van der Waals surface area (Å²) in [6.45, 7) is 2.48. The number of nitrogens with one attached hydrogen (secondary N) is 2. The number of furan rings is 1. The second-order valence-electron chi connectivity index (χ2n) is 9.00. The number of pyridine rings is 1. The molecule has 194 valence electrons. The van der Waals surface area contributed by atoms with Crippen LogP contribution < -0.4 is 5.32 Å². The Morgan fingerprint density at radius 2 is 1.77 bits per heavy atom. The molecule has 1 atom stereocenters. The lowest BCUT2D eigenvalue weighted by molar-refractivity contribution is 0.280. The summed E-state index contributed by atoms with van der Waals surface area (Å²) in [4.78, 5) is 28.2. The highest BCUT2D eigenvalue weighted by molar-refractivity contribution is 8.48. The molecule has 1 saturated heterocycles. The average Bonchev–Trinajstić information content (AvgIpc) is 3.79. The summed E-state index contributed by atoms with van der Waals surface area (Å²) < 4.78 is 6.23. The third kappa shape index (κ3) is 3.77. The highest BCUT2D eigenvalue weighted by atomic mass is 32.3. The van der Waals surface area contributed by atoms with Gasteiger partial charge in [-0.1, -0.05) is 16.1 Å². The van der Waals surface area contributed by atoms with Crippen LogP contribution in [0.4, 0.5) is 0 Å². The molecule has 0 bridgehead atoms. The van der Waals surface area contributed by atoms with E-state index in [-0.39, 0.29) is 0 Å². The molecule has 1 unspecified atom stereocenters. The third-order valence-corrected chi connectivity index (χ3v) is 10.6. The van der Waals surface area contributed by atoms with Crippen molar-refractivity contribution in [2.24, 2.45) is 0 Å². The maximum atomic E-state index is 6.23. The topological polar surface area (TPSA) is 122 Å². The van der Waals surface area contributed by atoms with Crippen LogP contribution in [0.25, 0.3) is 15.4 Å². The molecule has 2 aliphatic heterocycles. The summed E-state index contributed by atoms with van der Waals surface area (Å²) in [5.74, 6) is 1.35. The first kappa shape index (κ1) is 23.5. The van der Waals surface area contributed by atoms with E-state index in [9.17, 15) is 0 Å². The first-order chi connectivity index (χ1) is 19.4. The molecular formula is C28H25N9OS. The van der Waals surface area contributed by atoms with E-state index in [1.165, 1.54) is 0 Å². The lowest BCUT2D eigenvalue weighted by Crippen LogP contribution is -2.41. The van der Waals surface area contributed by atoms with Crippen LogP contribution in [0, 0.1) is 0 Å². The van der Waals surface area contributed by atoms with Crippen LogP contribution in [0.15, 0.2) is 112 Å². The summed E-state index contributed by atoms with van der Waals surface area (Å²) >= 11 is 0. The number of hydrogen-bond acceptors (Lipinski definition) is 9. The molecule has 0 radical (unpaired) electrons. The molecule has 5 aromatic heterocycles. The minimum absolute atomic E-state index is 0.604. The molecule has 0 saturated carbocycles. The van der Waals surface area contributed by atoms with E-state index in [0.717, 1.165) is 62.1 Å². The Morgan fingerprint density at radius 1 is 0.846 bits per heavy atom. The molecule has 10 nitrogen and oxygen atoms in total. The van der Waals surface area contributed by atoms with Crippen molar-refractivity contribution in [1.82, 2.24) is 45.3 Å². The van der Waals surface area contributed by atoms with Crippen LogP contribution >= 0.6 is 10.0 Å². The average molecular weight is 536 g/mol. The fourth-order valence-corrected chi connectivity index (χ4v) is 9.39. The van der Waals surface area contributed by atoms with E-state index in [4.69, 9.17) is 24.4 Å². The molecule has 0 aliphatic carbocycles. The van der Waals surface area contributed by atoms with Crippen molar-refractivity contribution >= 4 is 25.4 Å². The second-order valence-corrected chi connectivity index (χ2v) is 11.9.